The number of aromatic carboxylic acids is 4. The number of rotatable bonds is 22. The summed E-state index contributed by atoms with van der Waals surface area (Å²) >= 11 is 9.70. The third-order valence-electron chi connectivity index (χ3n) is 7.29. The number of anilines is 2. The van der Waals surface area contributed by atoms with Crippen LogP contribution in [0.3, 0.4) is 0 Å². The Hall–Kier alpha value is -1.42. The maximum Gasteiger partial charge on any atom is 0.337 e. The normalized spacial score (nSPS) is 10.9. The van der Waals surface area contributed by atoms with Gasteiger partial charge in [-0.1, -0.05) is 0 Å². The summed E-state index contributed by atoms with van der Waals surface area (Å²) in [5.41, 5.74) is -1.74. The Morgan fingerprint density at radius 2 is 0.603 bits per heavy atom. The first-order valence-electron chi connectivity index (χ1n) is 15.2. The van der Waals surface area contributed by atoms with Gasteiger partial charge < -0.3 is 46.4 Å². The summed E-state index contributed by atoms with van der Waals surface area (Å²) in [7, 11) is 0. The first-order valence-corrected chi connectivity index (χ1v) is 21.6. The smallest absolute Gasteiger partial charge is 0.337 e. The summed E-state index contributed by atoms with van der Waals surface area (Å²) in [4.78, 5) is 113. The van der Waals surface area contributed by atoms with Gasteiger partial charge in [0, 0.05) is 53.4 Å². The van der Waals surface area contributed by atoms with Crippen LogP contribution in [-0.4, -0.2) is 163 Å². The first kappa shape index (κ1) is 54.6. The number of carbonyl (C=O) groups excluding carboxylic acids is 2. The van der Waals surface area contributed by atoms with E-state index in [4.69, 9.17) is 0 Å². The second-order valence-corrected chi connectivity index (χ2v) is 17.8. The summed E-state index contributed by atoms with van der Waals surface area (Å²) in [6.45, 7) is -4.18. The number of nitrogens with zero attached hydrogens (tertiary/aromatic N) is 3. The van der Waals surface area contributed by atoms with Gasteiger partial charge in [0.2, 0.25) is 11.8 Å². The molecule has 58 heavy (non-hydrogen) atoms. The maximum absolute atomic E-state index is 13.2. The molecule has 21 nitrogen and oxygen atoms in total. The molecule has 0 aromatic heterocycles. The Balaban J connectivity index is 0.0000168. The van der Waals surface area contributed by atoms with Crippen molar-refractivity contribution >= 4 is 201 Å². The van der Waals surface area contributed by atoms with Gasteiger partial charge in [0.05, 0.1) is 80.6 Å². The van der Waals surface area contributed by atoms with Gasteiger partial charge in [-0.2, -0.15) is 0 Å². The van der Waals surface area contributed by atoms with E-state index >= 15 is 0 Å². The second-order valence-electron chi connectivity index (χ2n) is 11.3. The molecule has 0 saturated heterocycles. The third-order valence-corrected chi connectivity index (χ3v) is 13.8. The number of carbonyl (C=O) groups is 9. The predicted molar refractivity (Wildman–Crippen MR) is 247 cm³/mol. The third kappa shape index (κ3) is 15.5. The molecule has 317 valence electrons. The Morgan fingerprint density at radius 3 is 0.828 bits per heavy atom. The van der Waals surface area contributed by atoms with Crippen molar-refractivity contribution in [1.29, 1.82) is 0 Å². The van der Waals surface area contributed by atoms with Crippen molar-refractivity contribution in [3.63, 3.8) is 0 Å². The molecule has 9 N–H and O–H groups in total. The first-order chi connectivity index (χ1) is 26.4. The largest absolute Gasteiger partial charge is 0.480 e. The minimum Gasteiger partial charge on any atom is -0.480 e. The van der Waals surface area contributed by atoms with Gasteiger partial charge in [-0.3, -0.25) is 38.7 Å². The number of benzene rings is 2. The number of carboxylic acid groups (broad SMARTS) is 7. The fourth-order valence-electron chi connectivity index (χ4n) is 4.90. The Bertz CT molecular complexity index is 1830. The van der Waals surface area contributed by atoms with E-state index in [1.807, 2.05) is 0 Å². The van der Waals surface area contributed by atoms with E-state index in [0.29, 0.717) is 0 Å². The van der Waals surface area contributed by atoms with Crippen LogP contribution in [0.2, 0.25) is 0 Å². The van der Waals surface area contributed by atoms with Crippen LogP contribution in [-0.2, 0) is 44.1 Å². The quantitative estimate of drug-likeness (QED) is 0.0766. The van der Waals surface area contributed by atoms with Crippen molar-refractivity contribution in [2.45, 2.75) is 0 Å². The molecule has 2 amide bonds. The number of hydrogen-bond donors (Lipinski definition) is 9. The summed E-state index contributed by atoms with van der Waals surface area (Å²) in [6.07, 6.45) is 0. The zero-order valence-corrected chi connectivity index (χ0v) is 43.5. The molecule has 0 unspecified atom stereocenters. The Morgan fingerprint density at radius 1 is 0.379 bits per heavy atom. The van der Waals surface area contributed by atoms with Crippen LogP contribution in [0.15, 0.2) is 0 Å². The van der Waals surface area contributed by atoms with Gasteiger partial charge in [-0.15, -0.1) is 0 Å². The molecule has 0 aliphatic carbocycles. The molecule has 0 bridgehead atoms. The number of aliphatic carboxylic acids is 3. The molecule has 2 rings (SSSR count). The molecule has 0 heterocycles. The standard InChI is InChI=1S/C30H27I6N5O16.Tc/c31-19-15(27(50)51)21(33)25(22(34)16(19)28(52)53)37-10(42)5-40(8-13(46)47)3-1-39(7-12(44)45)2-4-41(9-14(48)49)6-11(43)38-26-23(35)17(29(54)55)20(32)18(24(26)36)30(56)57;/h1-9H2,(H,37,42)(H,38,43)(H,44,45)(H,46,47)(H,48,49)(H,50,51)(H,52,53)(H,54,55)(H,56,57);/i;1+1. The number of nitrogens with one attached hydrogen (secondary N) is 2. The number of halogens is 6. The number of amides is 2. The molecular formula is C30H27I6N5O16Tc. The monoisotopic (exact) mass is 1570 g/mol. The molecule has 2 aromatic rings. The van der Waals surface area contributed by atoms with Gasteiger partial charge >= 0.3 is 41.8 Å². The van der Waals surface area contributed by atoms with Crippen molar-refractivity contribution < 1.29 is 99.0 Å². The van der Waals surface area contributed by atoms with Crippen LogP contribution in [0.4, 0.5) is 11.4 Å². The molecule has 1 radical (unpaired) electrons. The minimum atomic E-state index is -1.45. The van der Waals surface area contributed by atoms with Crippen molar-refractivity contribution in [2.75, 3.05) is 69.5 Å². The van der Waals surface area contributed by atoms with E-state index < -0.39 is 86.3 Å². The predicted octanol–water partition coefficient (Wildman–Crippen LogP) is 2.84. The molecular weight excluding hydrogens is 1550 g/mol. The van der Waals surface area contributed by atoms with Crippen molar-refractivity contribution in [1.82, 2.24) is 14.7 Å². The van der Waals surface area contributed by atoms with E-state index in [9.17, 15) is 78.9 Å². The van der Waals surface area contributed by atoms with Crippen LogP contribution in [0.1, 0.15) is 41.4 Å². The molecule has 28 heteroatoms. The fraction of sp³-hybridized carbons (Fsp3) is 0.300. The Labute approximate surface area is 421 Å². The molecule has 0 aliphatic rings. The number of carboxylic acids is 7. The van der Waals surface area contributed by atoms with Gasteiger partial charge in [-0.05, 0) is 136 Å². The van der Waals surface area contributed by atoms with E-state index in [-0.39, 0.29) is 101 Å². The topological polar surface area (TPSA) is 329 Å². The average molecular weight is 1570 g/mol. The van der Waals surface area contributed by atoms with Crippen LogP contribution < -0.4 is 10.6 Å². The van der Waals surface area contributed by atoms with E-state index in [0.717, 1.165) is 9.80 Å². The van der Waals surface area contributed by atoms with Crippen molar-refractivity contribution in [3.8, 4) is 0 Å². The Kier molecular flexibility index (Phi) is 23.4. The van der Waals surface area contributed by atoms with Crippen LogP contribution in [0, 0.1) is 21.4 Å². The summed E-state index contributed by atoms with van der Waals surface area (Å²) in [5, 5.41) is 72.3. The summed E-state index contributed by atoms with van der Waals surface area (Å²) in [6, 6.07) is 0. The molecule has 0 saturated carbocycles. The maximum atomic E-state index is 13.2. The van der Waals surface area contributed by atoms with Crippen molar-refractivity contribution in [3.05, 3.63) is 43.7 Å². The van der Waals surface area contributed by atoms with Gasteiger partial charge in [0.15, 0.2) is 0 Å². The fourth-order valence-corrected chi connectivity index (χ4v) is 13.6. The van der Waals surface area contributed by atoms with E-state index in [1.165, 1.54) is 4.90 Å². The zero-order valence-electron chi connectivity index (χ0n) is 28.7. The minimum absolute atomic E-state index is 0. The van der Waals surface area contributed by atoms with Gasteiger partial charge in [0.25, 0.3) is 0 Å². The van der Waals surface area contributed by atoms with Crippen LogP contribution in [0.5, 0.6) is 0 Å². The molecule has 0 fully saturated rings. The van der Waals surface area contributed by atoms with Gasteiger partial charge in [-0.25, -0.2) is 19.2 Å². The summed E-state index contributed by atoms with van der Waals surface area (Å²) < 4.78 is -0.0893. The van der Waals surface area contributed by atoms with Crippen molar-refractivity contribution in [2.24, 2.45) is 0 Å². The number of hydrogen-bond acceptors (Lipinski definition) is 12. The molecule has 2 aromatic carbocycles. The molecule has 0 atom stereocenters. The summed E-state index contributed by atoms with van der Waals surface area (Å²) in [5.74, 6) is -11.6. The zero-order chi connectivity index (χ0) is 43.6. The van der Waals surface area contributed by atoms with E-state index in [1.54, 1.807) is 136 Å². The van der Waals surface area contributed by atoms with Crippen LogP contribution >= 0.6 is 136 Å². The van der Waals surface area contributed by atoms with Gasteiger partial charge in [0.1, 0.15) is 0 Å². The average Bonchev–Trinajstić information content (AvgIpc) is 3.04. The second kappa shape index (κ2) is 24.9. The SMILES string of the molecule is O=C(O)CN(CCN(CC(=O)O)CC(=O)Nc1c(I)c(C(=O)O)c(I)c(C(=O)O)c1I)CCN(CC(=O)O)CC(=O)Nc1c(I)c(C(=O)O)c(I)c(C(=O)O)c1I.[99Tc]. The van der Waals surface area contributed by atoms with E-state index in [2.05, 4.69) is 10.6 Å². The molecule has 0 spiro atoms. The van der Waals surface area contributed by atoms with Crippen LogP contribution in [0.25, 0.3) is 0 Å². The molecule has 0 aliphatic heterocycles.